The average molecular weight is 175 g/mol. The minimum atomic E-state index is -3.64. The third-order valence-electron chi connectivity index (χ3n) is 1.65. The molecule has 0 aromatic heterocycles. The van der Waals surface area contributed by atoms with Crippen LogP contribution in [0.2, 0.25) is 0 Å². The van der Waals surface area contributed by atoms with Crippen LogP contribution in [0.15, 0.2) is 0 Å². The van der Waals surface area contributed by atoms with E-state index < -0.39 is 16.4 Å². The van der Waals surface area contributed by atoms with Gasteiger partial charge in [-0.1, -0.05) is 0 Å². The molecule has 0 aliphatic carbocycles. The Kier molecular flexibility index (Phi) is 2.13. The van der Waals surface area contributed by atoms with Crippen LogP contribution in [-0.2, 0) is 10.2 Å². The summed E-state index contributed by atoms with van der Waals surface area (Å²) in [5, 5.41) is 4.86. The minimum absolute atomic E-state index is 0.381. The quantitative estimate of drug-likeness (QED) is 0.547. The van der Waals surface area contributed by atoms with Crippen molar-refractivity contribution < 1.29 is 8.42 Å². The van der Waals surface area contributed by atoms with Crippen LogP contribution in [0.4, 0.5) is 0 Å². The average Bonchev–Trinajstić information content (AvgIpc) is 2.31. The molecule has 0 unspecified atom stereocenters. The first kappa shape index (κ1) is 8.46. The molecule has 0 spiro atoms. The molecule has 5 nitrogen and oxygen atoms in total. The highest BCUT2D eigenvalue weighted by atomic mass is 32.2. The molecule has 1 atom stereocenters. The van der Waals surface area contributed by atoms with Crippen molar-refractivity contribution in [1.29, 1.82) is 0 Å². The Balaban J connectivity index is 2.83. The lowest BCUT2D eigenvalue weighted by Gasteiger charge is -2.10. The predicted molar refractivity (Wildman–Crippen MR) is 39.4 cm³/mol. The summed E-state index contributed by atoms with van der Waals surface area (Å²) in [5.74, 6) is 0. The summed E-state index contributed by atoms with van der Waals surface area (Å²) in [6.07, 6.45) is 0.758. The van der Waals surface area contributed by atoms with Crippen molar-refractivity contribution in [1.82, 2.24) is 4.31 Å². The Morgan fingerprint density at radius 2 is 2.27 bits per heavy atom. The van der Waals surface area contributed by atoms with Gasteiger partial charge in [-0.15, -0.1) is 4.31 Å². The maximum absolute atomic E-state index is 10.8. The van der Waals surface area contributed by atoms with Crippen molar-refractivity contribution in [3.63, 3.8) is 0 Å². The lowest BCUT2D eigenvalue weighted by molar-refractivity contribution is 0.431. The van der Waals surface area contributed by atoms with E-state index in [1.807, 2.05) is 0 Å². The van der Waals surface area contributed by atoms with E-state index in [-0.39, 0.29) is 0 Å². The molecular weight excluding hydrogens is 166 g/mol. The Hall–Kier alpha value is -0.640. The Morgan fingerprint density at radius 1 is 1.64 bits per heavy atom. The highest BCUT2D eigenvalue weighted by molar-refractivity contribution is 7.86. The molecule has 2 N–H and O–H groups in total. The number of rotatable bonds is 1. The Bertz CT molecular complexity index is 279. The van der Waals surface area contributed by atoms with Gasteiger partial charge in [0, 0.05) is 13.0 Å². The molecule has 62 valence electrons. The van der Waals surface area contributed by atoms with Crippen LogP contribution in [0, 0.1) is 6.57 Å². The molecule has 0 aromatic rings. The second-order valence-electron chi connectivity index (χ2n) is 2.41. The third kappa shape index (κ3) is 1.68. The molecule has 6 heteroatoms. The van der Waals surface area contributed by atoms with Crippen molar-refractivity contribution >= 4 is 10.2 Å². The molecule has 1 aliphatic heterocycles. The standard InChI is InChI=1S/C5H9N3O2S/c1-7-5-3-2-4-8(5)11(6,9)10/h5H,2-4H2,(H2,6,9,10)/t5-/m0/s1. The Morgan fingerprint density at radius 3 is 2.64 bits per heavy atom. The molecule has 0 saturated carbocycles. The lowest BCUT2D eigenvalue weighted by atomic mass is 10.3. The summed E-state index contributed by atoms with van der Waals surface area (Å²) in [5.41, 5.74) is 0. The molecular formula is C5H9N3O2S. The van der Waals surface area contributed by atoms with Crippen molar-refractivity contribution in [2.45, 2.75) is 19.0 Å². The van der Waals surface area contributed by atoms with Crippen LogP contribution >= 0.6 is 0 Å². The molecule has 1 heterocycles. The fraction of sp³-hybridized carbons (Fsp3) is 0.800. The van der Waals surface area contributed by atoms with Crippen molar-refractivity contribution in [2.24, 2.45) is 5.14 Å². The summed E-state index contributed by atoms with van der Waals surface area (Å²) in [6.45, 7) is 7.05. The monoisotopic (exact) mass is 175 g/mol. The molecule has 0 bridgehead atoms. The molecule has 0 aromatic carbocycles. The molecule has 1 fully saturated rings. The summed E-state index contributed by atoms with van der Waals surface area (Å²) in [6, 6.07) is 0. The summed E-state index contributed by atoms with van der Waals surface area (Å²) < 4.78 is 22.6. The first-order chi connectivity index (χ1) is 5.05. The SMILES string of the molecule is [C-]#[N+][C@@H]1CCCN1S(N)(=O)=O. The second-order valence-corrected chi connectivity index (χ2v) is 3.91. The van der Waals surface area contributed by atoms with Gasteiger partial charge < -0.3 is 0 Å². The van der Waals surface area contributed by atoms with E-state index in [2.05, 4.69) is 4.85 Å². The normalized spacial score (nSPS) is 26.7. The topological polar surface area (TPSA) is 67.8 Å². The zero-order valence-corrected chi connectivity index (χ0v) is 6.71. The van der Waals surface area contributed by atoms with Crippen molar-refractivity contribution in [3.8, 4) is 0 Å². The van der Waals surface area contributed by atoms with E-state index in [9.17, 15) is 8.42 Å². The molecule has 1 rings (SSSR count). The molecule has 11 heavy (non-hydrogen) atoms. The number of hydrogen-bond acceptors (Lipinski definition) is 2. The Labute approximate surface area is 65.8 Å². The van der Waals surface area contributed by atoms with Gasteiger partial charge in [-0.05, 0) is 6.42 Å². The second kappa shape index (κ2) is 2.77. The molecule has 0 amide bonds. The zero-order valence-electron chi connectivity index (χ0n) is 5.90. The van der Waals surface area contributed by atoms with Crippen molar-refractivity contribution in [3.05, 3.63) is 11.4 Å². The summed E-state index contributed by atoms with van der Waals surface area (Å²) in [7, 11) is -3.64. The van der Waals surface area contributed by atoms with Gasteiger partial charge in [-0.25, -0.2) is 11.7 Å². The molecule has 1 aliphatic rings. The minimum Gasteiger partial charge on any atom is -0.295 e. The van der Waals surface area contributed by atoms with Crippen LogP contribution in [-0.4, -0.2) is 25.4 Å². The van der Waals surface area contributed by atoms with Gasteiger partial charge in [0.1, 0.15) is 0 Å². The van der Waals surface area contributed by atoms with E-state index in [1.165, 1.54) is 0 Å². The number of hydrogen-bond donors (Lipinski definition) is 1. The van der Waals surface area contributed by atoms with Crippen LogP contribution < -0.4 is 5.14 Å². The predicted octanol–water partition coefficient (Wildman–Crippen LogP) is -0.469. The lowest BCUT2D eigenvalue weighted by Crippen LogP contribution is -2.38. The molecule has 0 radical (unpaired) electrons. The molecule has 1 saturated heterocycles. The van der Waals surface area contributed by atoms with Crippen LogP contribution in [0.1, 0.15) is 12.8 Å². The summed E-state index contributed by atoms with van der Waals surface area (Å²) >= 11 is 0. The van der Waals surface area contributed by atoms with E-state index in [0.29, 0.717) is 13.0 Å². The number of nitrogens with two attached hydrogens (primary N) is 1. The van der Waals surface area contributed by atoms with Gasteiger partial charge in [-0.3, -0.25) is 4.85 Å². The third-order valence-corrected chi connectivity index (χ3v) is 2.73. The fourth-order valence-corrected chi connectivity index (χ4v) is 2.02. The maximum Gasteiger partial charge on any atom is 0.293 e. The first-order valence-electron chi connectivity index (χ1n) is 3.22. The maximum atomic E-state index is 10.8. The van der Waals surface area contributed by atoms with E-state index in [4.69, 9.17) is 11.7 Å². The van der Waals surface area contributed by atoms with Gasteiger partial charge >= 0.3 is 0 Å². The van der Waals surface area contributed by atoms with Crippen LogP contribution in [0.3, 0.4) is 0 Å². The van der Waals surface area contributed by atoms with Gasteiger partial charge in [0.15, 0.2) is 0 Å². The van der Waals surface area contributed by atoms with Crippen LogP contribution in [0.5, 0.6) is 0 Å². The van der Waals surface area contributed by atoms with E-state index in [1.54, 1.807) is 0 Å². The van der Waals surface area contributed by atoms with Crippen LogP contribution in [0.25, 0.3) is 4.85 Å². The highest BCUT2D eigenvalue weighted by Gasteiger charge is 2.36. The first-order valence-corrected chi connectivity index (χ1v) is 4.72. The number of nitrogens with zero attached hydrogens (tertiary/aromatic N) is 2. The van der Waals surface area contributed by atoms with Gasteiger partial charge in [0.2, 0.25) is 0 Å². The zero-order chi connectivity index (χ0) is 8.48. The fourth-order valence-electron chi connectivity index (χ4n) is 1.15. The van der Waals surface area contributed by atoms with Gasteiger partial charge in [0.05, 0.1) is 0 Å². The van der Waals surface area contributed by atoms with Gasteiger partial charge in [0.25, 0.3) is 16.4 Å². The summed E-state index contributed by atoms with van der Waals surface area (Å²) in [4.78, 5) is 3.15. The van der Waals surface area contributed by atoms with Gasteiger partial charge in [-0.2, -0.15) is 8.42 Å². The van der Waals surface area contributed by atoms with E-state index >= 15 is 0 Å². The smallest absolute Gasteiger partial charge is 0.293 e. The van der Waals surface area contributed by atoms with E-state index in [0.717, 1.165) is 10.7 Å². The van der Waals surface area contributed by atoms with Crippen molar-refractivity contribution in [2.75, 3.05) is 6.54 Å². The highest BCUT2D eigenvalue weighted by Crippen LogP contribution is 2.19. The largest absolute Gasteiger partial charge is 0.295 e.